The van der Waals surface area contributed by atoms with Crippen LogP contribution in [0.2, 0.25) is 5.02 Å². The monoisotopic (exact) mass is 263 g/mol. The van der Waals surface area contributed by atoms with Gasteiger partial charge in [0.05, 0.1) is 6.04 Å². The molecule has 1 heterocycles. The van der Waals surface area contributed by atoms with Crippen LogP contribution in [0, 0.1) is 6.92 Å². The lowest BCUT2D eigenvalue weighted by Crippen LogP contribution is -2.16. The van der Waals surface area contributed by atoms with Crippen molar-refractivity contribution in [3.63, 3.8) is 0 Å². The van der Waals surface area contributed by atoms with E-state index in [0.717, 1.165) is 34.2 Å². The van der Waals surface area contributed by atoms with E-state index in [9.17, 15) is 0 Å². The molecular formula is C15H18ClNO. The number of halogens is 1. The highest BCUT2D eigenvalue weighted by Gasteiger charge is 2.12. The van der Waals surface area contributed by atoms with Crippen LogP contribution in [-0.2, 0) is 0 Å². The smallest absolute Gasteiger partial charge is 0.134 e. The quantitative estimate of drug-likeness (QED) is 0.874. The minimum Gasteiger partial charge on any atom is -0.459 e. The van der Waals surface area contributed by atoms with Crippen molar-refractivity contribution in [1.29, 1.82) is 0 Å². The highest BCUT2D eigenvalue weighted by Crippen LogP contribution is 2.30. The van der Waals surface area contributed by atoms with E-state index in [2.05, 4.69) is 19.2 Å². The summed E-state index contributed by atoms with van der Waals surface area (Å²) in [6.07, 6.45) is 0. The van der Waals surface area contributed by atoms with Gasteiger partial charge in [0.2, 0.25) is 0 Å². The zero-order valence-electron chi connectivity index (χ0n) is 11.0. The number of nitrogens with one attached hydrogen (secondary N) is 1. The Labute approximate surface area is 113 Å². The summed E-state index contributed by atoms with van der Waals surface area (Å²) in [7, 11) is 0. The summed E-state index contributed by atoms with van der Waals surface area (Å²) < 4.78 is 5.90. The maximum Gasteiger partial charge on any atom is 0.134 e. The van der Waals surface area contributed by atoms with Crippen molar-refractivity contribution in [2.24, 2.45) is 0 Å². The second kappa shape index (κ2) is 5.59. The molecule has 0 saturated carbocycles. The first kappa shape index (κ1) is 13.2. The first-order valence-electron chi connectivity index (χ1n) is 6.22. The van der Waals surface area contributed by atoms with Crippen molar-refractivity contribution < 1.29 is 4.42 Å². The molecule has 0 fully saturated rings. The maximum atomic E-state index is 6.13. The van der Waals surface area contributed by atoms with Gasteiger partial charge < -0.3 is 9.73 Å². The summed E-state index contributed by atoms with van der Waals surface area (Å²) in [5.74, 6) is 1.82. The Hall–Kier alpha value is -1.25. The average molecular weight is 264 g/mol. The predicted molar refractivity (Wildman–Crippen MR) is 76.0 cm³/mol. The van der Waals surface area contributed by atoms with Crippen molar-refractivity contribution in [2.45, 2.75) is 26.8 Å². The van der Waals surface area contributed by atoms with Gasteiger partial charge in [-0.25, -0.2) is 0 Å². The minimum atomic E-state index is 0.225. The van der Waals surface area contributed by atoms with Gasteiger partial charge in [-0.1, -0.05) is 30.7 Å². The van der Waals surface area contributed by atoms with Crippen LogP contribution < -0.4 is 5.32 Å². The minimum absolute atomic E-state index is 0.225. The molecule has 0 aliphatic heterocycles. The molecule has 1 unspecified atom stereocenters. The summed E-state index contributed by atoms with van der Waals surface area (Å²) in [6, 6.07) is 10.1. The third kappa shape index (κ3) is 2.60. The number of hydrogen-bond acceptors (Lipinski definition) is 2. The maximum absolute atomic E-state index is 6.13. The number of benzene rings is 1. The van der Waals surface area contributed by atoms with Crippen LogP contribution in [0.1, 0.15) is 31.2 Å². The second-order valence-corrected chi connectivity index (χ2v) is 4.80. The Bertz CT molecular complexity index is 533. The number of furan rings is 1. The zero-order chi connectivity index (χ0) is 13.1. The van der Waals surface area contributed by atoms with Crippen LogP contribution in [0.5, 0.6) is 0 Å². The van der Waals surface area contributed by atoms with Gasteiger partial charge in [0.1, 0.15) is 11.5 Å². The van der Waals surface area contributed by atoms with E-state index in [0.29, 0.717) is 0 Å². The molecule has 2 nitrogen and oxygen atoms in total. The molecule has 1 N–H and O–H groups in total. The second-order valence-electron chi connectivity index (χ2n) is 4.39. The van der Waals surface area contributed by atoms with E-state index in [1.54, 1.807) is 0 Å². The van der Waals surface area contributed by atoms with Gasteiger partial charge in [-0.3, -0.25) is 0 Å². The van der Waals surface area contributed by atoms with E-state index in [-0.39, 0.29) is 6.04 Å². The van der Waals surface area contributed by atoms with E-state index in [4.69, 9.17) is 16.0 Å². The lowest BCUT2D eigenvalue weighted by molar-refractivity contribution is 0.445. The molecule has 1 atom stereocenters. The normalized spacial score (nSPS) is 12.7. The molecule has 0 radical (unpaired) electrons. The largest absolute Gasteiger partial charge is 0.459 e. The van der Waals surface area contributed by atoms with Gasteiger partial charge in [0, 0.05) is 10.6 Å². The Morgan fingerprint density at radius 2 is 2.06 bits per heavy atom. The Kier molecular flexibility index (Phi) is 4.10. The zero-order valence-corrected chi connectivity index (χ0v) is 11.7. The molecular weight excluding hydrogens is 246 g/mol. The molecule has 0 aliphatic rings. The van der Waals surface area contributed by atoms with E-state index in [1.165, 1.54) is 0 Å². The first-order valence-corrected chi connectivity index (χ1v) is 6.60. The molecule has 2 aromatic rings. The van der Waals surface area contributed by atoms with E-state index in [1.807, 2.05) is 37.3 Å². The Morgan fingerprint density at radius 1 is 1.28 bits per heavy atom. The SMILES string of the molecule is CCNC(C)c1ccc(-c2cccc(Cl)c2C)o1. The fourth-order valence-electron chi connectivity index (χ4n) is 2.01. The van der Waals surface area contributed by atoms with E-state index < -0.39 is 0 Å². The molecule has 96 valence electrons. The topological polar surface area (TPSA) is 25.2 Å². The molecule has 0 saturated heterocycles. The first-order chi connectivity index (χ1) is 8.63. The molecule has 0 aliphatic carbocycles. The van der Waals surface area contributed by atoms with Gasteiger partial charge >= 0.3 is 0 Å². The van der Waals surface area contributed by atoms with Crippen LogP contribution in [0.15, 0.2) is 34.7 Å². The van der Waals surface area contributed by atoms with Crippen LogP contribution in [0.4, 0.5) is 0 Å². The average Bonchev–Trinajstić information content (AvgIpc) is 2.82. The summed E-state index contributed by atoms with van der Waals surface area (Å²) in [6.45, 7) is 7.11. The van der Waals surface area contributed by atoms with Crippen molar-refractivity contribution in [2.75, 3.05) is 6.54 Å². The number of hydrogen-bond donors (Lipinski definition) is 1. The third-order valence-electron chi connectivity index (χ3n) is 3.10. The van der Waals surface area contributed by atoms with Gasteiger partial charge in [-0.15, -0.1) is 0 Å². The van der Waals surface area contributed by atoms with Crippen LogP contribution in [-0.4, -0.2) is 6.54 Å². The van der Waals surface area contributed by atoms with Crippen LogP contribution in [0.3, 0.4) is 0 Å². The third-order valence-corrected chi connectivity index (χ3v) is 3.51. The molecule has 2 rings (SSSR count). The summed E-state index contributed by atoms with van der Waals surface area (Å²) in [5, 5.41) is 4.10. The van der Waals surface area contributed by atoms with E-state index >= 15 is 0 Å². The molecule has 1 aromatic carbocycles. The van der Waals surface area contributed by atoms with Crippen molar-refractivity contribution >= 4 is 11.6 Å². The van der Waals surface area contributed by atoms with Crippen LogP contribution in [0.25, 0.3) is 11.3 Å². The highest BCUT2D eigenvalue weighted by molar-refractivity contribution is 6.31. The summed E-state index contributed by atoms with van der Waals surface area (Å²) in [4.78, 5) is 0. The van der Waals surface area contributed by atoms with Crippen molar-refractivity contribution in [1.82, 2.24) is 5.32 Å². The Morgan fingerprint density at radius 3 is 2.78 bits per heavy atom. The van der Waals surface area contributed by atoms with Crippen molar-refractivity contribution in [3.8, 4) is 11.3 Å². The molecule has 3 heteroatoms. The van der Waals surface area contributed by atoms with Gasteiger partial charge in [-0.05, 0) is 44.2 Å². The standard InChI is InChI=1S/C15H18ClNO/c1-4-17-11(3)14-8-9-15(18-14)12-6-5-7-13(16)10(12)2/h5-9,11,17H,4H2,1-3H3. The molecule has 0 bridgehead atoms. The van der Waals surface area contributed by atoms with Gasteiger partial charge in [-0.2, -0.15) is 0 Å². The lowest BCUT2D eigenvalue weighted by atomic mass is 10.1. The molecule has 1 aromatic heterocycles. The predicted octanol–water partition coefficient (Wildman–Crippen LogP) is 4.58. The highest BCUT2D eigenvalue weighted by atomic mass is 35.5. The summed E-state index contributed by atoms with van der Waals surface area (Å²) >= 11 is 6.13. The van der Waals surface area contributed by atoms with Crippen LogP contribution >= 0.6 is 11.6 Å². The molecule has 0 spiro atoms. The van der Waals surface area contributed by atoms with Gasteiger partial charge in [0.25, 0.3) is 0 Å². The Balaban J connectivity index is 2.32. The fourth-order valence-corrected chi connectivity index (χ4v) is 2.19. The van der Waals surface area contributed by atoms with Crippen molar-refractivity contribution in [3.05, 3.63) is 46.7 Å². The van der Waals surface area contributed by atoms with Gasteiger partial charge in [0.15, 0.2) is 0 Å². The molecule has 18 heavy (non-hydrogen) atoms. The number of rotatable bonds is 4. The summed E-state index contributed by atoms with van der Waals surface area (Å²) in [5.41, 5.74) is 2.11. The lowest BCUT2D eigenvalue weighted by Gasteiger charge is -2.09. The molecule has 0 amide bonds. The fraction of sp³-hybridized carbons (Fsp3) is 0.333.